The van der Waals surface area contributed by atoms with Gasteiger partial charge in [-0.3, -0.25) is 14.4 Å². The molecule has 0 spiro atoms. The number of nitrogens with one attached hydrogen (secondary N) is 1. The molecule has 2 unspecified atom stereocenters. The predicted octanol–water partition coefficient (Wildman–Crippen LogP) is 1.45. The summed E-state index contributed by atoms with van der Waals surface area (Å²) in [6, 6.07) is 5.85. The summed E-state index contributed by atoms with van der Waals surface area (Å²) in [7, 11) is 0. The van der Waals surface area contributed by atoms with Crippen LogP contribution in [0.2, 0.25) is 0 Å². The molecule has 136 valence electrons. The number of rotatable bonds is 11. The van der Waals surface area contributed by atoms with E-state index in [9.17, 15) is 29.4 Å². The molecule has 1 aromatic carbocycles. The smallest absolute Gasteiger partial charge is 0.337 e. The Bertz CT molecular complexity index is 657. The fourth-order valence-electron chi connectivity index (χ4n) is 2.42. The third kappa shape index (κ3) is 6.13. The van der Waals surface area contributed by atoms with Crippen LogP contribution in [-0.2, 0) is 14.4 Å². The molecule has 0 amide bonds. The van der Waals surface area contributed by atoms with Gasteiger partial charge in [-0.1, -0.05) is 12.1 Å². The first kappa shape index (κ1) is 19.9. The molecule has 2 atom stereocenters. The third-order valence-electron chi connectivity index (χ3n) is 3.70. The molecular weight excluding hydrogens is 334 g/mol. The molecule has 25 heavy (non-hydrogen) atoms. The molecule has 0 aliphatic heterocycles. The fourth-order valence-corrected chi connectivity index (χ4v) is 2.42. The molecule has 0 saturated heterocycles. The van der Waals surface area contributed by atoms with Gasteiger partial charge in [-0.05, 0) is 25.0 Å². The standard InChI is InChI=1S/C16H19NO8/c18-13(19)7-3-5-9(14(20)21)11(16(24)25)8-17-12-6-2-1-4-10(12)15(22)23/h1-2,4,6,9,11,17H,3,5,7-8H2,(H,18,19)(H,20,21)(H,22,23)(H,24,25). The zero-order valence-electron chi connectivity index (χ0n) is 13.2. The van der Waals surface area contributed by atoms with Crippen LogP contribution in [0.25, 0.3) is 0 Å². The first-order chi connectivity index (χ1) is 11.7. The van der Waals surface area contributed by atoms with Gasteiger partial charge >= 0.3 is 23.9 Å². The van der Waals surface area contributed by atoms with Crippen LogP contribution < -0.4 is 5.32 Å². The zero-order chi connectivity index (χ0) is 19.0. The Balaban J connectivity index is 2.87. The van der Waals surface area contributed by atoms with E-state index in [-0.39, 0.29) is 37.1 Å². The molecule has 0 aromatic heterocycles. The number of carbonyl (C=O) groups is 4. The van der Waals surface area contributed by atoms with Gasteiger partial charge in [-0.2, -0.15) is 0 Å². The molecule has 1 aromatic rings. The Hall–Kier alpha value is -3.10. The first-order valence-electron chi connectivity index (χ1n) is 7.47. The van der Waals surface area contributed by atoms with E-state index in [1.165, 1.54) is 18.2 Å². The number of hydrogen-bond acceptors (Lipinski definition) is 5. The number of aliphatic carboxylic acids is 3. The summed E-state index contributed by atoms with van der Waals surface area (Å²) in [6.07, 6.45) is -0.339. The van der Waals surface area contributed by atoms with Gasteiger partial charge in [0.2, 0.25) is 0 Å². The van der Waals surface area contributed by atoms with Crippen molar-refractivity contribution in [3.63, 3.8) is 0 Å². The number of hydrogen-bond donors (Lipinski definition) is 5. The summed E-state index contributed by atoms with van der Waals surface area (Å²) in [5, 5.41) is 39.0. The normalized spacial score (nSPS) is 12.8. The number of aromatic carboxylic acids is 1. The highest BCUT2D eigenvalue weighted by atomic mass is 16.4. The van der Waals surface area contributed by atoms with Crippen LogP contribution in [0.1, 0.15) is 29.6 Å². The van der Waals surface area contributed by atoms with E-state index in [4.69, 9.17) is 10.2 Å². The zero-order valence-corrected chi connectivity index (χ0v) is 13.2. The van der Waals surface area contributed by atoms with Crippen LogP contribution in [-0.4, -0.2) is 50.8 Å². The fraction of sp³-hybridized carbons (Fsp3) is 0.375. The van der Waals surface area contributed by atoms with E-state index in [2.05, 4.69) is 5.32 Å². The minimum Gasteiger partial charge on any atom is -0.481 e. The van der Waals surface area contributed by atoms with E-state index >= 15 is 0 Å². The Morgan fingerprint density at radius 2 is 1.52 bits per heavy atom. The minimum atomic E-state index is -1.36. The average molecular weight is 353 g/mol. The van der Waals surface area contributed by atoms with Crippen molar-refractivity contribution in [2.45, 2.75) is 19.3 Å². The number of benzene rings is 1. The quantitative estimate of drug-likeness (QED) is 0.396. The van der Waals surface area contributed by atoms with Crippen molar-refractivity contribution in [1.29, 1.82) is 0 Å². The molecule has 0 fully saturated rings. The highest BCUT2D eigenvalue weighted by Gasteiger charge is 2.33. The molecule has 0 bridgehead atoms. The van der Waals surface area contributed by atoms with Gasteiger partial charge in [0.1, 0.15) is 0 Å². The van der Waals surface area contributed by atoms with E-state index in [1.807, 2.05) is 0 Å². The van der Waals surface area contributed by atoms with Crippen LogP contribution in [0, 0.1) is 11.8 Å². The van der Waals surface area contributed by atoms with Crippen molar-refractivity contribution in [3.8, 4) is 0 Å². The van der Waals surface area contributed by atoms with Crippen molar-refractivity contribution < 1.29 is 39.6 Å². The van der Waals surface area contributed by atoms with Crippen molar-refractivity contribution in [3.05, 3.63) is 29.8 Å². The second kappa shape index (κ2) is 9.26. The Morgan fingerprint density at radius 1 is 0.920 bits per heavy atom. The average Bonchev–Trinajstić information content (AvgIpc) is 2.52. The number of carboxylic acids is 4. The van der Waals surface area contributed by atoms with Crippen molar-refractivity contribution >= 4 is 29.6 Å². The highest BCUT2D eigenvalue weighted by Crippen LogP contribution is 2.22. The monoisotopic (exact) mass is 353 g/mol. The molecule has 0 heterocycles. The Morgan fingerprint density at radius 3 is 2.04 bits per heavy atom. The van der Waals surface area contributed by atoms with Gasteiger partial charge in [0, 0.05) is 18.7 Å². The van der Waals surface area contributed by atoms with Crippen molar-refractivity contribution in [2.75, 3.05) is 11.9 Å². The molecule has 9 nitrogen and oxygen atoms in total. The van der Waals surface area contributed by atoms with Gasteiger partial charge in [0.25, 0.3) is 0 Å². The van der Waals surface area contributed by atoms with Gasteiger partial charge in [0.15, 0.2) is 0 Å². The second-order valence-corrected chi connectivity index (χ2v) is 5.41. The van der Waals surface area contributed by atoms with Gasteiger partial charge < -0.3 is 25.7 Å². The van der Waals surface area contributed by atoms with E-state index < -0.39 is 35.7 Å². The number of para-hydroxylation sites is 1. The highest BCUT2D eigenvalue weighted by molar-refractivity contribution is 5.94. The maximum atomic E-state index is 11.4. The van der Waals surface area contributed by atoms with Gasteiger partial charge in [-0.25, -0.2) is 4.79 Å². The van der Waals surface area contributed by atoms with Crippen LogP contribution in [0.15, 0.2) is 24.3 Å². The molecule has 0 aliphatic rings. The summed E-state index contributed by atoms with van der Waals surface area (Å²) in [5.41, 5.74) is 0.111. The molecule has 1 rings (SSSR count). The first-order valence-corrected chi connectivity index (χ1v) is 7.47. The van der Waals surface area contributed by atoms with Crippen LogP contribution >= 0.6 is 0 Å². The van der Waals surface area contributed by atoms with E-state index in [1.54, 1.807) is 6.07 Å². The van der Waals surface area contributed by atoms with E-state index in [0.717, 1.165) is 0 Å². The lowest BCUT2D eigenvalue weighted by molar-refractivity contribution is -0.153. The molecule has 0 aliphatic carbocycles. The van der Waals surface area contributed by atoms with Crippen molar-refractivity contribution in [2.24, 2.45) is 11.8 Å². The Kier molecular flexibility index (Phi) is 7.39. The number of anilines is 1. The summed E-state index contributed by atoms with van der Waals surface area (Å²) < 4.78 is 0. The minimum absolute atomic E-state index is 0.0296. The predicted molar refractivity (Wildman–Crippen MR) is 85.6 cm³/mol. The molecule has 5 N–H and O–H groups in total. The molecule has 9 heteroatoms. The maximum Gasteiger partial charge on any atom is 0.337 e. The summed E-state index contributed by atoms with van der Waals surface area (Å²) >= 11 is 0. The molecule has 0 radical (unpaired) electrons. The summed E-state index contributed by atoms with van der Waals surface area (Å²) in [6.45, 7) is -0.302. The van der Waals surface area contributed by atoms with Crippen LogP contribution in [0.4, 0.5) is 5.69 Å². The molecular formula is C16H19NO8. The van der Waals surface area contributed by atoms with Crippen LogP contribution in [0.3, 0.4) is 0 Å². The number of carboxylic acid groups (broad SMARTS) is 4. The van der Waals surface area contributed by atoms with Gasteiger partial charge in [-0.15, -0.1) is 0 Å². The van der Waals surface area contributed by atoms with Crippen LogP contribution in [0.5, 0.6) is 0 Å². The largest absolute Gasteiger partial charge is 0.481 e. The second-order valence-electron chi connectivity index (χ2n) is 5.41. The topological polar surface area (TPSA) is 161 Å². The summed E-state index contributed by atoms with van der Waals surface area (Å²) in [5.74, 6) is -7.63. The third-order valence-corrected chi connectivity index (χ3v) is 3.70. The lowest BCUT2D eigenvalue weighted by Crippen LogP contribution is -2.35. The SMILES string of the molecule is O=C(O)CCCC(C(=O)O)C(CNc1ccccc1C(=O)O)C(=O)O. The molecule has 0 saturated carbocycles. The summed E-state index contributed by atoms with van der Waals surface area (Å²) in [4.78, 5) is 44.5. The maximum absolute atomic E-state index is 11.4. The van der Waals surface area contributed by atoms with Crippen molar-refractivity contribution in [1.82, 2.24) is 0 Å². The lowest BCUT2D eigenvalue weighted by atomic mass is 9.87. The Labute approximate surface area is 142 Å². The van der Waals surface area contributed by atoms with Gasteiger partial charge in [0.05, 0.1) is 17.4 Å². The lowest BCUT2D eigenvalue weighted by Gasteiger charge is -2.21. The van der Waals surface area contributed by atoms with E-state index in [0.29, 0.717) is 0 Å².